The molecule has 1 aromatic carbocycles. The van der Waals surface area contributed by atoms with Gasteiger partial charge in [-0.1, -0.05) is 12.1 Å². The summed E-state index contributed by atoms with van der Waals surface area (Å²) in [5, 5.41) is 11.1. The lowest BCUT2D eigenvalue weighted by molar-refractivity contribution is 0.00578. The van der Waals surface area contributed by atoms with Crippen molar-refractivity contribution in [2.24, 2.45) is 0 Å². The molecule has 2 aromatic rings. The molecule has 128 valence electrons. The first-order chi connectivity index (χ1) is 11.3. The Morgan fingerprint density at radius 1 is 1.21 bits per heavy atom. The molecule has 1 fully saturated rings. The molecule has 0 aliphatic carbocycles. The van der Waals surface area contributed by atoms with Gasteiger partial charge in [0.05, 0.1) is 17.7 Å². The molecule has 1 aromatic heterocycles. The quantitative estimate of drug-likeness (QED) is 0.773. The molecule has 0 unspecified atom stereocenters. The molecule has 7 nitrogen and oxygen atoms in total. The van der Waals surface area contributed by atoms with Gasteiger partial charge in [-0.05, 0) is 62.6 Å². The topological polar surface area (TPSA) is 71.3 Å². The van der Waals surface area contributed by atoms with Crippen LogP contribution in [0.25, 0.3) is 0 Å². The van der Waals surface area contributed by atoms with E-state index >= 15 is 0 Å². The average molecular weight is 330 g/mol. The van der Waals surface area contributed by atoms with Crippen molar-refractivity contribution < 1.29 is 14.0 Å². The van der Waals surface area contributed by atoms with Crippen LogP contribution in [-0.2, 0) is 15.9 Å². The monoisotopic (exact) mass is 330 g/mol. The van der Waals surface area contributed by atoms with Crippen LogP contribution in [0.2, 0.25) is 0 Å². The molecule has 3 rings (SSSR count). The van der Waals surface area contributed by atoms with Crippen molar-refractivity contribution in [2.45, 2.75) is 58.5 Å². The molecule has 2 heterocycles. The Morgan fingerprint density at radius 2 is 1.92 bits per heavy atom. The van der Waals surface area contributed by atoms with Crippen LogP contribution in [0.1, 0.15) is 34.6 Å². The second kappa shape index (κ2) is 6.18. The van der Waals surface area contributed by atoms with E-state index in [0.29, 0.717) is 6.54 Å². The van der Waals surface area contributed by atoms with Crippen molar-refractivity contribution in [3.05, 3.63) is 30.6 Å². The predicted octanol–water partition coefficient (Wildman–Crippen LogP) is 1.44. The van der Waals surface area contributed by atoms with Crippen LogP contribution in [0, 0.1) is 0 Å². The molecule has 1 atom stereocenters. The molecule has 0 N–H and O–H groups in total. The summed E-state index contributed by atoms with van der Waals surface area (Å²) in [6.45, 7) is 10.7. The number of benzene rings is 1. The van der Waals surface area contributed by atoms with Crippen LogP contribution in [0.5, 0.6) is 5.75 Å². The van der Waals surface area contributed by atoms with Gasteiger partial charge in [-0.3, -0.25) is 0 Å². The smallest absolute Gasteiger partial charge is 0.489 e. The Hall–Kier alpha value is -1.93. The van der Waals surface area contributed by atoms with Gasteiger partial charge in [-0.2, -0.15) is 0 Å². The fourth-order valence-electron chi connectivity index (χ4n) is 2.51. The van der Waals surface area contributed by atoms with E-state index < -0.39 is 7.12 Å². The fourth-order valence-corrected chi connectivity index (χ4v) is 2.51. The SMILES string of the molecule is C[C@@H](Cn1cnnn1)Oc1cccc(B2OC(C)(C)C(C)(C)O2)c1. The van der Waals surface area contributed by atoms with E-state index in [1.165, 1.54) is 0 Å². The van der Waals surface area contributed by atoms with Gasteiger partial charge >= 0.3 is 7.12 Å². The standard InChI is InChI=1S/C16H23BN4O3/c1-12(10-21-11-18-19-20-21)22-14-8-6-7-13(9-14)17-23-15(2,3)16(4,5)24-17/h6-9,11-12H,10H2,1-5H3/t12-/m0/s1. The number of ether oxygens (including phenoxy) is 1. The fraction of sp³-hybridized carbons (Fsp3) is 0.562. The van der Waals surface area contributed by atoms with Crippen LogP contribution in [0.4, 0.5) is 0 Å². The summed E-state index contributed by atoms with van der Waals surface area (Å²) in [5.74, 6) is 0.766. The summed E-state index contributed by atoms with van der Waals surface area (Å²) in [6, 6.07) is 7.81. The minimum atomic E-state index is -0.395. The molecule has 0 amide bonds. The summed E-state index contributed by atoms with van der Waals surface area (Å²) >= 11 is 0. The maximum atomic E-state index is 6.09. The lowest BCUT2D eigenvalue weighted by Crippen LogP contribution is -2.41. The van der Waals surface area contributed by atoms with Crippen molar-refractivity contribution in [1.82, 2.24) is 20.2 Å². The van der Waals surface area contributed by atoms with E-state index in [9.17, 15) is 0 Å². The lowest BCUT2D eigenvalue weighted by atomic mass is 9.79. The van der Waals surface area contributed by atoms with Crippen LogP contribution >= 0.6 is 0 Å². The molecule has 0 saturated carbocycles. The van der Waals surface area contributed by atoms with Gasteiger partial charge in [0, 0.05) is 0 Å². The van der Waals surface area contributed by atoms with Crippen LogP contribution in [-0.4, -0.2) is 44.6 Å². The maximum Gasteiger partial charge on any atom is 0.494 e. The van der Waals surface area contributed by atoms with Crippen molar-refractivity contribution >= 4 is 12.6 Å². The van der Waals surface area contributed by atoms with Crippen molar-refractivity contribution in [3.8, 4) is 5.75 Å². The normalized spacial score (nSPS) is 20.1. The summed E-state index contributed by atoms with van der Waals surface area (Å²) in [6.07, 6.45) is 1.50. The van der Waals surface area contributed by atoms with Gasteiger partial charge in [0.2, 0.25) is 0 Å². The van der Waals surface area contributed by atoms with Gasteiger partial charge in [-0.15, -0.1) is 5.10 Å². The Bertz CT molecular complexity index is 674. The van der Waals surface area contributed by atoms with E-state index in [2.05, 4.69) is 15.5 Å². The van der Waals surface area contributed by atoms with Crippen LogP contribution in [0.15, 0.2) is 30.6 Å². The van der Waals surface area contributed by atoms with Crippen molar-refractivity contribution in [3.63, 3.8) is 0 Å². The Balaban J connectivity index is 1.69. The maximum absolute atomic E-state index is 6.09. The van der Waals surface area contributed by atoms with Crippen LogP contribution in [0.3, 0.4) is 0 Å². The summed E-state index contributed by atoms with van der Waals surface area (Å²) < 4.78 is 19.8. The number of hydrogen-bond acceptors (Lipinski definition) is 6. The molecule has 24 heavy (non-hydrogen) atoms. The minimum absolute atomic E-state index is 0.0675. The summed E-state index contributed by atoms with van der Waals surface area (Å²) in [7, 11) is -0.395. The van der Waals surface area contributed by atoms with E-state index in [1.807, 2.05) is 58.9 Å². The van der Waals surface area contributed by atoms with Gasteiger partial charge in [0.1, 0.15) is 18.2 Å². The van der Waals surface area contributed by atoms with Crippen molar-refractivity contribution in [1.29, 1.82) is 0 Å². The third-order valence-corrected chi connectivity index (χ3v) is 4.56. The minimum Gasteiger partial charge on any atom is -0.489 e. The molecule has 0 bridgehead atoms. The predicted molar refractivity (Wildman–Crippen MR) is 90.1 cm³/mol. The molecule has 8 heteroatoms. The lowest BCUT2D eigenvalue weighted by Gasteiger charge is -2.32. The zero-order valence-electron chi connectivity index (χ0n) is 14.8. The third-order valence-electron chi connectivity index (χ3n) is 4.56. The number of hydrogen-bond donors (Lipinski definition) is 0. The van der Waals surface area contributed by atoms with E-state index in [1.54, 1.807) is 11.0 Å². The Morgan fingerprint density at radius 3 is 2.54 bits per heavy atom. The molecule has 1 aliphatic rings. The Kier molecular flexibility index (Phi) is 4.36. The van der Waals surface area contributed by atoms with Crippen LogP contribution < -0.4 is 10.2 Å². The number of rotatable bonds is 5. The number of nitrogens with zero attached hydrogens (tertiary/aromatic N) is 4. The first kappa shape index (κ1) is 16.9. The first-order valence-electron chi connectivity index (χ1n) is 8.10. The molecule has 1 saturated heterocycles. The highest BCUT2D eigenvalue weighted by Crippen LogP contribution is 2.36. The summed E-state index contributed by atoms with van der Waals surface area (Å²) in [4.78, 5) is 0. The number of tetrazole rings is 1. The van der Waals surface area contributed by atoms with Gasteiger partial charge in [0.15, 0.2) is 0 Å². The largest absolute Gasteiger partial charge is 0.494 e. The molecular weight excluding hydrogens is 307 g/mol. The zero-order chi connectivity index (χ0) is 17.4. The average Bonchev–Trinajstić information content (AvgIpc) is 3.05. The zero-order valence-corrected chi connectivity index (χ0v) is 14.8. The molecule has 0 radical (unpaired) electrons. The third kappa shape index (κ3) is 3.44. The highest BCUT2D eigenvalue weighted by Gasteiger charge is 2.51. The van der Waals surface area contributed by atoms with Gasteiger partial charge in [0.25, 0.3) is 0 Å². The number of aromatic nitrogens is 4. The van der Waals surface area contributed by atoms with Gasteiger partial charge in [-0.25, -0.2) is 4.68 Å². The first-order valence-corrected chi connectivity index (χ1v) is 8.10. The molecule has 0 spiro atoms. The van der Waals surface area contributed by atoms with E-state index in [0.717, 1.165) is 11.2 Å². The second-order valence-corrected chi connectivity index (χ2v) is 7.12. The molecular formula is C16H23BN4O3. The second-order valence-electron chi connectivity index (χ2n) is 7.12. The molecule has 1 aliphatic heterocycles. The summed E-state index contributed by atoms with van der Waals surface area (Å²) in [5.41, 5.74) is 0.227. The van der Waals surface area contributed by atoms with E-state index in [4.69, 9.17) is 14.0 Å². The highest BCUT2D eigenvalue weighted by atomic mass is 16.7. The Labute approximate surface area is 142 Å². The van der Waals surface area contributed by atoms with E-state index in [-0.39, 0.29) is 17.3 Å². The van der Waals surface area contributed by atoms with Crippen molar-refractivity contribution in [2.75, 3.05) is 0 Å². The highest BCUT2D eigenvalue weighted by molar-refractivity contribution is 6.62. The van der Waals surface area contributed by atoms with Gasteiger partial charge < -0.3 is 14.0 Å².